The van der Waals surface area contributed by atoms with Crippen molar-refractivity contribution in [1.29, 1.82) is 0 Å². The molecular formula is C28H46N4O5. The molecule has 0 aliphatic heterocycles. The topological polar surface area (TPSA) is 131 Å². The summed E-state index contributed by atoms with van der Waals surface area (Å²) in [5.41, 5.74) is 7.33. The second-order valence-electron chi connectivity index (χ2n) is 10.6. The number of amides is 4. The summed E-state index contributed by atoms with van der Waals surface area (Å²) in [6, 6.07) is 3.34. The maximum absolute atomic E-state index is 14.1. The third kappa shape index (κ3) is 10.4. The molecule has 1 rings (SSSR count). The molecule has 0 spiro atoms. The number of nitrogens with two attached hydrogens (primary N) is 1. The number of carbonyl (C=O) groups is 4. The van der Waals surface area contributed by atoms with Gasteiger partial charge in [0.2, 0.25) is 17.7 Å². The van der Waals surface area contributed by atoms with Gasteiger partial charge in [0.15, 0.2) is 0 Å². The number of hydrogen-bond acceptors (Lipinski definition) is 5. The predicted molar refractivity (Wildman–Crippen MR) is 145 cm³/mol. The Bertz CT molecular complexity index is 941. The third-order valence-corrected chi connectivity index (χ3v) is 6.19. The van der Waals surface area contributed by atoms with Crippen LogP contribution < -0.4 is 16.4 Å². The molecule has 1 aromatic rings. The number of rotatable bonds is 13. The second kappa shape index (κ2) is 14.6. The Morgan fingerprint density at radius 1 is 1.08 bits per heavy atom. The molecule has 1 aromatic carbocycles. The van der Waals surface area contributed by atoms with Crippen LogP contribution in [0.5, 0.6) is 0 Å². The number of carbonyl (C=O) groups excluding carboxylic acids is 4. The number of nitrogens with one attached hydrogen (secondary N) is 2. The molecule has 208 valence electrons. The van der Waals surface area contributed by atoms with Crippen molar-refractivity contribution >= 4 is 23.8 Å². The standard InChI is InChI=1S/C28H46N4O5/c1-9-11-16-30-25(34)24(21-13-12-18(3)19(4)17-21)32(20(5)10-2)26(35)22(14-15-23(29)33)31-27(36)37-28(6,7)8/h12-13,17,20,22,24H,9-11,14-16H2,1-8H3,(H2,29,33)(H,30,34)(H,31,36). The minimum Gasteiger partial charge on any atom is -0.444 e. The lowest BCUT2D eigenvalue weighted by molar-refractivity contribution is -0.145. The Balaban J connectivity index is 3.54. The maximum Gasteiger partial charge on any atom is 0.408 e. The van der Waals surface area contributed by atoms with Crippen LogP contribution in [-0.4, -0.2) is 52.9 Å². The van der Waals surface area contributed by atoms with E-state index in [0.717, 1.165) is 24.0 Å². The lowest BCUT2D eigenvalue weighted by atomic mass is 9.96. The van der Waals surface area contributed by atoms with Gasteiger partial charge in [0, 0.05) is 19.0 Å². The zero-order chi connectivity index (χ0) is 28.3. The molecule has 0 aromatic heterocycles. The molecular weight excluding hydrogens is 472 g/mol. The second-order valence-corrected chi connectivity index (χ2v) is 10.6. The molecule has 9 heteroatoms. The minimum absolute atomic E-state index is 0.0164. The van der Waals surface area contributed by atoms with Crippen LogP contribution in [-0.2, 0) is 19.1 Å². The monoisotopic (exact) mass is 518 g/mol. The van der Waals surface area contributed by atoms with Gasteiger partial charge in [0.1, 0.15) is 17.7 Å². The molecule has 0 aliphatic rings. The van der Waals surface area contributed by atoms with Crippen LogP contribution in [0.1, 0.15) is 96.4 Å². The predicted octanol–water partition coefficient (Wildman–Crippen LogP) is 4.05. The van der Waals surface area contributed by atoms with Crippen LogP contribution in [0, 0.1) is 13.8 Å². The molecule has 4 amide bonds. The van der Waals surface area contributed by atoms with Gasteiger partial charge >= 0.3 is 6.09 Å². The molecule has 37 heavy (non-hydrogen) atoms. The first-order chi connectivity index (χ1) is 17.2. The minimum atomic E-state index is -1.10. The van der Waals surface area contributed by atoms with Crippen molar-refractivity contribution in [3.63, 3.8) is 0 Å². The molecule has 4 N–H and O–H groups in total. The van der Waals surface area contributed by atoms with Crippen molar-refractivity contribution in [1.82, 2.24) is 15.5 Å². The number of hydrogen-bond donors (Lipinski definition) is 3. The number of unbranched alkanes of at least 4 members (excludes halogenated alkanes) is 1. The van der Waals surface area contributed by atoms with E-state index in [1.54, 1.807) is 20.8 Å². The number of aryl methyl sites for hydroxylation is 2. The molecule has 0 saturated carbocycles. The van der Waals surface area contributed by atoms with E-state index < -0.39 is 35.6 Å². The summed E-state index contributed by atoms with van der Waals surface area (Å²) in [6.45, 7) is 15.4. The molecule has 0 radical (unpaired) electrons. The van der Waals surface area contributed by atoms with Crippen molar-refractivity contribution in [2.24, 2.45) is 5.73 Å². The van der Waals surface area contributed by atoms with Crippen LogP contribution in [0.2, 0.25) is 0 Å². The van der Waals surface area contributed by atoms with Gasteiger partial charge in [-0.2, -0.15) is 0 Å². The lowest BCUT2D eigenvalue weighted by Gasteiger charge is -2.38. The molecule has 0 bridgehead atoms. The molecule has 0 aliphatic carbocycles. The van der Waals surface area contributed by atoms with Crippen molar-refractivity contribution in [2.45, 2.75) is 111 Å². The Morgan fingerprint density at radius 2 is 1.73 bits per heavy atom. The summed E-state index contributed by atoms with van der Waals surface area (Å²) in [4.78, 5) is 53.4. The summed E-state index contributed by atoms with van der Waals surface area (Å²) in [7, 11) is 0. The van der Waals surface area contributed by atoms with E-state index >= 15 is 0 Å². The summed E-state index contributed by atoms with van der Waals surface area (Å²) < 4.78 is 5.36. The maximum atomic E-state index is 14.1. The van der Waals surface area contributed by atoms with E-state index in [2.05, 4.69) is 10.6 Å². The number of primary amides is 1. The molecule has 0 heterocycles. The normalized spacial score (nSPS) is 13.7. The van der Waals surface area contributed by atoms with E-state index in [4.69, 9.17) is 10.5 Å². The average molecular weight is 519 g/mol. The average Bonchev–Trinajstić information content (AvgIpc) is 2.79. The Kier molecular flexibility index (Phi) is 12.6. The highest BCUT2D eigenvalue weighted by atomic mass is 16.6. The smallest absolute Gasteiger partial charge is 0.408 e. The highest BCUT2D eigenvalue weighted by molar-refractivity contribution is 5.92. The van der Waals surface area contributed by atoms with Crippen molar-refractivity contribution in [3.8, 4) is 0 Å². The quantitative estimate of drug-likeness (QED) is 0.339. The number of benzene rings is 1. The van der Waals surface area contributed by atoms with E-state index in [0.29, 0.717) is 18.5 Å². The van der Waals surface area contributed by atoms with Gasteiger partial charge in [-0.15, -0.1) is 0 Å². The lowest BCUT2D eigenvalue weighted by Crippen LogP contribution is -2.55. The summed E-state index contributed by atoms with van der Waals surface area (Å²) in [5, 5.41) is 5.59. The van der Waals surface area contributed by atoms with Crippen molar-refractivity contribution in [3.05, 3.63) is 34.9 Å². The highest BCUT2D eigenvalue weighted by Gasteiger charge is 2.38. The fraction of sp³-hybridized carbons (Fsp3) is 0.643. The van der Waals surface area contributed by atoms with Gasteiger partial charge < -0.3 is 26.0 Å². The fourth-order valence-corrected chi connectivity index (χ4v) is 3.83. The fourth-order valence-electron chi connectivity index (χ4n) is 3.83. The van der Waals surface area contributed by atoms with Crippen LogP contribution in [0.15, 0.2) is 18.2 Å². The first kappa shape index (κ1) is 31.9. The van der Waals surface area contributed by atoms with Crippen molar-refractivity contribution in [2.75, 3.05) is 6.54 Å². The molecule has 0 saturated heterocycles. The van der Waals surface area contributed by atoms with Gasteiger partial charge in [-0.1, -0.05) is 38.5 Å². The van der Waals surface area contributed by atoms with Crippen LogP contribution in [0.25, 0.3) is 0 Å². The van der Waals surface area contributed by atoms with Gasteiger partial charge in [-0.3, -0.25) is 14.4 Å². The number of ether oxygens (including phenoxy) is 1. The third-order valence-electron chi connectivity index (χ3n) is 6.19. The Morgan fingerprint density at radius 3 is 2.24 bits per heavy atom. The van der Waals surface area contributed by atoms with Crippen LogP contribution in [0.4, 0.5) is 4.79 Å². The van der Waals surface area contributed by atoms with Gasteiger partial charge in [-0.25, -0.2) is 4.79 Å². The SMILES string of the molecule is CCCCNC(=O)C(c1ccc(C)c(C)c1)N(C(=O)C(CCC(N)=O)NC(=O)OC(C)(C)C)C(C)CC. The first-order valence-corrected chi connectivity index (χ1v) is 13.2. The molecule has 3 atom stereocenters. The summed E-state index contributed by atoms with van der Waals surface area (Å²) in [5.74, 6) is -1.37. The molecule has 0 fully saturated rings. The number of nitrogens with zero attached hydrogens (tertiary/aromatic N) is 1. The van der Waals surface area contributed by atoms with E-state index in [9.17, 15) is 19.2 Å². The Hall–Kier alpha value is -3.10. The highest BCUT2D eigenvalue weighted by Crippen LogP contribution is 2.28. The van der Waals surface area contributed by atoms with E-state index in [1.165, 1.54) is 4.90 Å². The Labute approximate surface area is 221 Å². The van der Waals surface area contributed by atoms with Crippen LogP contribution in [0.3, 0.4) is 0 Å². The molecule has 9 nitrogen and oxygen atoms in total. The van der Waals surface area contributed by atoms with Gasteiger partial charge in [0.05, 0.1) is 0 Å². The van der Waals surface area contributed by atoms with Crippen molar-refractivity contribution < 1.29 is 23.9 Å². The van der Waals surface area contributed by atoms with Gasteiger partial charge in [-0.05, 0) is 77.5 Å². The molecule has 3 unspecified atom stereocenters. The zero-order valence-electron chi connectivity index (χ0n) is 23.8. The van der Waals surface area contributed by atoms with Gasteiger partial charge in [0.25, 0.3) is 0 Å². The zero-order valence-corrected chi connectivity index (χ0v) is 23.8. The summed E-state index contributed by atoms with van der Waals surface area (Å²) in [6.07, 6.45) is 1.38. The largest absolute Gasteiger partial charge is 0.444 e. The number of alkyl carbamates (subject to hydrolysis) is 1. The van der Waals surface area contributed by atoms with E-state index in [1.807, 2.05) is 52.8 Å². The summed E-state index contributed by atoms with van der Waals surface area (Å²) >= 11 is 0. The first-order valence-electron chi connectivity index (χ1n) is 13.2. The van der Waals surface area contributed by atoms with Crippen LogP contribution >= 0.6 is 0 Å². The van der Waals surface area contributed by atoms with E-state index in [-0.39, 0.29) is 24.8 Å².